The Kier molecular flexibility index (Phi) is 5.42. The van der Waals surface area contributed by atoms with E-state index in [4.69, 9.17) is 4.52 Å². The van der Waals surface area contributed by atoms with Crippen LogP contribution in [0.3, 0.4) is 0 Å². The van der Waals surface area contributed by atoms with Crippen LogP contribution in [0.2, 0.25) is 0 Å². The van der Waals surface area contributed by atoms with Crippen molar-refractivity contribution >= 4 is 5.91 Å². The molecule has 3 rings (SSSR count). The molecule has 0 aliphatic rings. The average molecular weight is 364 g/mol. The van der Waals surface area contributed by atoms with Gasteiger partial charge in [-0.3, -0.25) is 4.79 Å². The summed E-state index contributed by atoms with van der Waals surface area (Å²) in [6, 6.07) is 17.8. The van der Waals surface area contributed by atoms with Crippen molar-refractivity contribution in [2.24, 2.45) is 0 Å². The van der Waals surface area contributed by atoms with E-state index in [1.807, 2.05) is 61.5 Å². The molecule has 1 heterocycles. The molecular weight excluding hydrogens is 340 g/mol. The van der Waals surface area contributed by atoms with Crippen molar-refractivity contribution in [2.45, 2.75) is 32.8 Å². The van der Waals surface area contributed by atoms with E-state index in [0.29, 0.717) is 11.5 Å². The number of aliphatic hydroxyl groups is 1. The van der Waals surface area contributed by atoms with Crippen molar-refractivity contribution < 1.29 is 14.4 Å². The zero-order valence-corrected chi connectivity index (χ0v) is 15.8. The third-order valence-corrected chi connectivity index (χ3v) is 4.76. The molecule has 0 radical (unpaired) electrons. The van der Waals surface area contributed by atoms with Crippen LogP contribution in [0.25, 0.3) is 11.1 Å². The minimum absolute atomic E-state index is 0.125. The standard InChI is InChI=1S/C22H24N2O3/c1-15-20(16(2)27-24-15)13-21(25)23-14-22(3,26)19-11-9-18(10-12-19)17-7-5-4-6-8-17/h4-12,26H,13-14H2,1-3H3,(H,23,25)/t22-/m1/s1. The molecule has 5 heteroatoms. The van der Waals surface area contributed by atoms with Crippen LogP contribution in [0, 0.1) is 13.8 Å². The van der Waals surface area contributed by atoms with Gasteiger partial charge >= 0.3 is 0 Å². The van der Waals surface area contributed by atoms with Gasteiger partial charge in [0.15, 0.2) is 0 Å². The first-order valence-electron chi connectivity index (χ1n) is 8.93. The van der Waals surface area contributed by atoms with Crippen molar-refractivity contribution in [1.82, 2.24) is 10.5 Å². The zero-order valence-electron chi connectivity index (χ0n) is 15.8. The summed E-state index contributed by atoms with van der Waals surface area (Å²) in [5.41, 5.74) is 3.29. The molecule has 5 nitrogen and oxygen atoms in total. The van der Waals surface area contributed by atoms with Gasteiger partial charge in [0, 0.05) is 5.56 Å². The van der Waals surface area contributed by atoms with E-state index >= 15 is 0 Å². The van der Waals surface area contributed by atoms with Crippen molar-refractivity contribution in [3.05, 3.63) is 77.2 Å². The molecule has 0 saturated carbocycles. The van der Waals surface area contributed by atoms with E-state index in [9.17, 15) is 9.90 Å². The van der Waals surface area contributed by atoms with Crippen molar-refractivity contribution in [3.63, 3.8) is 0 Å². The van der Waals surface area contributed by atoms with Gasteiger partial charge in [-0.25, -0.2) is 0 Å². The summed E-state index contributed by atoms with van der Waals surface area (Å²) in [6.45, 7) is 5.41. The summed E-state index contributed by atoms with van der Waals surface area (Å²) in [4.78, 5) is 12.2. The topological polar surface area (TPSA) is 75.4 Å². The van der Waals surface area contributed by atoms with Crippen LogP contribution in [0.4, 0.5) is 0 Å². The Morgan fingerprint density at radius 2 is 1.70 bits per heavy atom. The Balaban J connectivity index is 1.63. The molecule has 1 aromatic heterocycles. The van der Waals surface area contributed by atoms with Crippen LogP contribution in [0.15, 0.2) is 59.1 Å². The lowest BCUT2D eigenvalue weighted by molar-refractivity contribution is -0.121. The summed E-state index contributed by atoms with van der Waals surface area (Å²) in [6.07, 6.45) is 0.185. The summed E-state index contributed by atoms with van der Waals surface area (Å²) in [5.74, 6) is 0.469. The first-order chi connectivity index (χ1) is 12.9. The van der Waals surface area contributed by atoms with Gasteiger partial charge in [-0.05, 0) is 37.5 Å². The first kappa shape index (κ1) is 18.9. The Morgan fingerprint density at radius 3 is 2.30 bits per heavy atom. The maximum absolute atomic E-state index is 12.2. The second-order valence-electron chi connectivity index (χ2n) is 6.97. The quantitative estimate of drug-likeness (QED) is 0.702. The van der Waals surface area contributed by atoms with E-state index in [-0.39, 0.29) is 18.9 Å². The smallest absolute Gasteiger partial charge is 0.224 e. The molecule has 0 unspecified atom stereocenters. The van der Waals surface area contributed by atoms with Crippen molar-refractivity contribution in [2.75, 3.05) is 6.54 Å². The lowest BCUT2D eigenvalue weighted by atomic mass is 9.93. The summed E-state index contributed by atoms with van der Waals surface area (Å²) >= 11 is 0. The molecule has 2 N–H and O–H groups in total. The lowest BCUT2D eigenvalue weighted by Crippen LogP contribution is -2.39. The molecule has 1 atom stereocenters. The number of carbonyl (C=O) groups is 1. The van der Waals surface area contributed by atoms with E-state index in [1.165, 1.54) is 0 Å². The SMILES string of the molecule is Cc1noc(C)c1CC(=O)NC[C@@](C)(O)c1ccc(-c2ccccc2)cc1. The number of rotatable bonds is 6. The number of hydrogen-bond acceptors (Lipinski definition) is 4. The Hall–Kier alpha value is -2.92. The molecule has 0 saturated heterocycles. The van der Waals surface area contributed by atoms with Crippen LogP contribution in [0.5, 0.6) is 0 Å². The number of amides is 1. The summed E-state index contributed by atoms with van der Waals surface area (Å²) < 4.78 is 5.08. The summed E-state index contributed by atoms with van der Waals surface area (Å²) in [7, 11) is 0. The fourth-order valence-corrected chi connectivity index (χ4v) is 3.00. The van der Waals surface area contributed by atoms with Gasteiger partial charge in [0.2, 0.25) is 5.91 Å². The van der Waals surface area contributed by atoms with E-state index < -0.39 is 5.60 Å². The molecule has 0 aliphatic heterocycles. The van der Waals surface area contributed by atoms with Crippen LogP contribution in [-0.2, 0) is 16.8 Å². The fraction of sp³-hybridized carbons (Fsp3) is 0.273. The predicted octanol–water partition coefficient (Wildman–Crippen LogP) is 3.52. The number of carbonyl (C=O) groups excluding carboxylic acids is 1. The highest BCUT2D eigenvalue weighted by Gasteiger charge is 2.24. The molecule has 0 bridgehead atoms. The number of benzene rings is 2. The maximum Gasteiger partial charge on any atom is 0.224 e. The highest BCUT2D eigenvalue weighted by molar-refractivity contribution is 5.79. The molecule has 0 aliphatic carbocycles. The molecule has 3 aromatic rings. The third kappa shape index (κ3) is 4.44. The van der Waals surface area contributed by atoms with Crippen LogP contribution in [0.1, 0.15) is 29.5 Å². The van der Waals surface area contributed by atoms with E-state index in [2.05, 4.69) is 10.5 Å². The molecule has 0 spiro atoms. The molecule has 1 amide bonds. The Labute approximate surface area is 159 Å². The molecule has 27 heavy (non-hydrogen) atoms. The largest absolute Gasteiger partial charge is 0.384 e. The van der Waals surface area contributed by atoms with E-state index in [0.717, 1.165) is 22.3 Å². The minimum atomic E-state index is -1.16. The normalized spacial score (nSPS) is 13.2. The molecule has 2 aromatic carbocycles. The molecule has 140 valence electrons. The fourth-order valence-electron chi connectivity index (χ4n) is 3.00. The first-order valence-corrected chi connectivity index (χ1v) is 8.93. The Bertz CT molecular complexity index is 893. The van der Waals surface area contributed by atoms with Crippen LogP contribution < -0.4 is 5.32 Å². The maximum atomic E-state index is 12.2. The average Bonchev–Trinajstić information content (AvgIpc) is 2.99. The van der Waals surface area contributed by atoms with Gasteiger partial charge in [0.1, 0.15) is 11.4 Å². The lowest BCUT2D eigenvalue weighted by Gasteiger charge is -2.24. The van der Waals surface area contributed by atoms with Gasteiger partial charge < -0.3 is 14.9 Å². The van der Waals surface area contributed by atoms with Gasteiger partial charge in [0.25, 0.3) is 0 Å². The number of aromatic nitrogens is 1. The van der Waals surface area contributed by atoms with Crippen molar-refractivity contribution in [1.29, 1.82) is 0 Å². The highest BCUT2D eigenvalue weighted by atomic mass is 16.5. The van der Waals surface area contributed by atoms with Gasteiger partial charge in [-0.2, -0.15) is 0 Å². The summed E-state index contributed by atoms with van der Waals surface area (Å²) in [5, 5.41) is 17.4. The number of nitrogens with one attached hydrogen (secondary N) is 1. The molecule has 0 fully saturated rings. The van der Waals surface area contributed by atoms with Crippen LogP contribution in [-0.4, -0.2) is 22.7 Å². The molecular formula is C22H24N2O3. The van der Waals surface area contributed by atoms with Gasteiger partial charge in [0.05, 0.1) is 18.7 Å². The number of nitrogens with zero attached hydrogens (tertiary/aromatic N) is 1. The second-order valence-corrected chi connectivity index (χ2v) is 6.97. The van der Waals surface area contributed by atoms with Crippen molar-refractivity contribution in [3.8, 4) is 11.1 Å². The zero-order chi connectivity index (χ0) is 19.4. The predicted molar refractivity (Wildman–Crippen MR) is 104 cm³/mol. The van der Waals surface area contributed by atoms with Gasteiger partial charge in [-0.15, -0.1) is 0 Å². The monoisotopic (exact) mass is 364 g/mol. The highest BCUT2D eigenvalue weighted by Crippen LogP contribution is 2.25. The third-order valence-electron chi connectivity index (χ3n) is 4.76. The number of hydrogen-bond donors (Lipinski definition) is 2. The Morgan fingerprint density at radius 1 is 1.07 bits per heavy atom. The second kappa shape index (κ2) is 7.76. The van der Waals surface area contributed by atoms with Gasteiger partial charge in [-0.1, -0.05) is 59.8 Å². The van der Waals surface area contributed by atoms with Crippen LogP contribution >= 0.6 is 0 Å². The number of aryl methyl sites for hydroxylation is 2. The van der Waals surface area contributed by atoms with E-state index in [1.54, 1.807) is 13.8 Å². The minimum Gasteiger partial charge on any atom is -0.384 e.